The van der Waals surface area contributed by atoms with Crippen molar-refractivity contribution in [3.63, 3.8) is 0 Å². The van der Waals surface area contributed by atoms with Crippen molar-refractivity contribution in [3.8, 4) is 0 Å². The van der Waals surface area contributed by atoms with Gasteiger partial charge in [0.05, 0.1) is 10.6 Å². The van der Waals surface area contributed by atoms with Crippen LogP contribution in [0.4, 0.5) is 0 Å². The number of rotatable bonds is 5. The molecule has 0 bridgehead atoms. The van der Waals surface area contributed by atoms with E-state index in [9.17, 15) is 4.79 Å². The first-order valence-electron chi connectivity index (χ1n) is 6.05. The Kier molecular flexibility index (Phi) is 3.67. The first-order chi connectivity index (χ1) is 8.17. The van der Waals surface area contributed by atoms with Gasteiger partial charge in [0.25, 0.3) is 5.91 Å². The van der Waals surface area contributed by atoms with Crippen LogP contribution in [-0.2, 0) is 0 Å². The van der Waals surface area contributed by atoms with Crippen LogP contribution >= 0.6 is 11.6 Å². The summed E-state index contributed by atoms with van der Waals surface area (Å²) in [5.41, 5.74) is 0.820. The van der Waals surface area contributed by atoms with E-state index in [4.69, 9.17) is 11.6 Å². The van der Waals surface area contributed by atoms with E-state index in [2.05, 4.69) is 17.2 Å². The number of carbonyl (C=O) groups is 1. The van der Waals surface area contributed by atoms with Gasteiger partial charge in [-0.3, -0.25) is 9.78 Å². The smallest absolute Gasteiger partial charge is 0.254 e. The van der Waals surface area contributed by atoms with Crippen LogP contribution < -0.4 is 5.32 Å². The zero-order valence-electron chi connectivity index (χ0n) is 10.0. The minimum absolute atomic E-state index is 0.120. The first kappa shape index (κ1) is 12.4. The topological polar surface area (TPSA) is 42.0 Å². The van der Waals surface area contributed by atoms with Gasteiger partial charge in [0.2, 0.25) is 0 Å². The second-order valence-corrected chi connectivity index (χ2v) is 5.20. The predicted molar refractivity (Wildman–Crippen MR) is 68.2 cm³/mol. The Balaban J connectivity index is 1.92. The molecule has 1 aliphatic carbocycles. The van der Waals surface area contributed by atoms with Crippen molar-refractivity contribution in [2.24, 2.45) is 5.41 Å². The quantitative estimate of drug-likeness (QED) is 0.875. The summed E-state index contributed by atoms with van der Waals surface area (Å²) in [6.45, 7) is 2.94. The van der Waals surface area contributed by atoms with E-state index in [1.165, 1.54) is 31.9 Å². The van der Waals surface area contributed by atoms with Crippen molar-refractivity contribution < 1.29 is 4.79 Å². The second-order valence-electron chi connectivity index (χ2n) is 4.79. The van der Waals surface area contributed by atoms with Gasteiger partial charge in [0.15, 0.2) is 0 Å². The fraction of sp³-hybridized carbons (Fsp3) is 0.538. The van der Waals surface area contributed by atoms with Gasteiger partial charge in [-0.25, -0.2) is 0 Å². The molecule has 1 aliphatic rings. The molecule has 3 nitrogen and oxygen atoms in total. The maximum atomic E-state index is 11.9. The third-order valence-electron chi connectivity index (χ3n) is 3.37. The van der Waals surface area contributed by atoms with E-state index in [-0.39, 0.29) is 5.91 Å². The minimum atomic E-state index is -0.120. The monoisotopic (exact) mass is 252 g/mol. The van der Waals surface area contributed by atoms with Crippen molar-refractivity contribution in [1.82, 2.24) is 10.3 Å². The van der Waals surface area contributed by atoms with Crippen LogP contribution in [-0.4, -0.2) is 17.4 Å². The Bertz CT molecular complexity index is 416. The van der Waals surface area contributed by atoms with Gasteiger partial charge >= 0.3 is 0 Å². The van der Waals surface area contributed by atoms with E-state index >= 15 is 0 Å². The number of nitrogens with zero attached hydrogens (tertiary/aromatic N) is 1. The summed E-state index contributed by atoms with van der Waals surface area (Å²) in [6, 6.07) is 1.63. The van der Waals surface area contributed by atoms with E-state index in [1.807, 2.05) is 0 Å². The molecule has 92 valence electrons. The van der Waals surface area contributed by atoms with E-state index in [0.717, 1.165) is 6.54 Å². The molecule has 1 heterocycles. The normalized spacial score (nSPS) is 16.6. The van der Waals surface area contributed by atoms with Crippen molar-refractivity contribution in [3.05, 3.63) is 29.0 Å². The molecule has 1 amide bonds. The van der Waals surface area contributed by atoms with Crippen LogP contribution in [0.1, 0.15) is 43.0 Å². The van der Waals surface area contributed by atoms with E-state index < -0.39 is 0 Å². The number of halogens is 1. The van der Waals surface area contributed by atoms with Gasteiger partial charge in [-0.1, -0.05) is 24.9 Å². The molecular weight excluding hydrogens is 236 g/mol. The third-order valence-corrected chi connectivity index (χ3v) is 3.70. The number of hydrogen-bond donors (Lipinski definition) is 1. The molecule has 0 radical (unpaired) electrons. The average molecular weight is 253 g/mol. The second kappa shape index (κ2) is 5.05. The molecule has 2 rings (SSSR count). The Morgan fingerprint density at radius 1 is 1.59 bits per heavy atom. The molecule has 4 heteroatoms. The third kappa shape index (κ3) is 2.97. The number of nitrogens with one attached hydrogen (secondary N) is 1. The van der Waals surface area contributed by atoms with Crippen LogP contribution in [0.3, 0.4) is 0 Å². The molecule has 1 aromatic rings. The molecule has 1 saturated carbocycles. The van der Waals surface area contributed by atoms with Crippen molar-refractivity contribution >= 4 is 17.5 Å². The van der Waals surface area contributed by atoms with Gasteiger partial charge in [0, 0.05) is 18.9 Å². The number of hydrogen-bond acceptors (Lipinski definition) is 2. The lowest BCUT2D eigenvalue weighted by Gasteiger charge is -2.15. The molecule has 0 spiro atoms. The average Bonchev–Trinajstić information content (AvgIpc) is 3.08. The summed E-state index contributed by atoms with van der Waals surface area (Å²) >= 11 is 5.95. The van der Waals surface area contributed by atoms with Crippen LogP contribution in [0.15, 0.2) is 18.5 Å². The van der Waals surface area contributed by atoms with Crippen LogP contribution in [0.25, 0.3) is 0 Å². The highest BCUT2D eigenvalue weighted by Crippen LogP contribution is 2.48. The number of pyridine rings is 1. The van der Waals surface area contributed by atoms with Gasteiger partial charge in [0.1, 0.15) is 0 Å². The largest absolute Gasteiger partial charge is 0.351 e. The lowest BCUT2D eigenvalue weighted by Crippen LogP contribution is -2.30. The fourth-order valence-corrected chi connectivity index (χ4v) is 2.32. The fourth-order valence-electron chi connectivity index (χ4n) is 2.13. The highest BCUT2D eigenvalue weighted by Gasteiger charge is 2.41. The van der Waals surface area contributed by atoms with Gasteiger partial charge in [-0.2, -0.15) is 0 Å². The Labute approximate surface area is 107 Å². The standard InChI is InChI=1S/C13H17ClN2O/c1-2-4-13(5-6-13)9-16-12(17)10-8-15-7-3-11(10)14/h3,7-8H,2,4-6,9H2,1H3,(H,16,17). The molecule has 1 N–H and O–H groups in total. The van der Waals surface area contributed by atoms with Crippen molar-refractivity contribution in [2.45, 2.75) is 32.6 Å². The first-order valence-corrected chi connectivity index (χ1v) is 6.42. The number of aromatic nitrogens is 1. The lowest BCUT2D eigenvalue weighted by molar-refractivity contribution is 0.0943. The van der Waals surface area contributed by atoms with E-state index in [1.54, 1.807) is 12.3 Å². The van der Waals surface area contributed by atoms with Crippen LogP contribution in [0, 0.1) is 5.41 Å². The zero-order chi connectivity index (χ0) is 12.3. The number of amides is 1. The highest BCUT2D eigenvalue weighted by atomic mass is 35.5. The Hall–Kier alpha value is -1.09. The maximum absolute atomic E-state index is 11.9. The maximum Gasteiger partial charge on any atom is 0.254 e. The molecular formula is C13H17ClN2O. The van der Waals surface area contributed by atoms with E-state index in [0.29, 0.717) is 16.0 Å². The summed E-state index contributed by atoms with van der Waals surface area (Å²) in [5.74, 6) is -0.120. The lowest BCUT2D eigenvalue weighted by atomic mass is 10.0. The van der Waals surface area contributed by atoms with Crippen LogP contribution in [0.5, 0.6) is 0 Å². The molecule has 0 atom stereocenters. The van der Waals surface area contributed by atoms with Crippen molar-refractivity contribution in [2.75, 3.05) is 6.54 Å². The van der Waals surface area contributed by atoms with Gasteiger partial charge < -0.3 is 5.32 Å². The van der Waals surface area contributed by atoms with Gasteiger partial charge in [-0.05, 0) is 30.7 Å². The molecule has 0 aliphatic heterocycles. The molecule has 1 aromatic heterocycles. The molecule has 0 unspecified atom stereocenters. The molecule has 0 aromatic carbocycles. The molecule has 1 fully saturated rings. The Morgan fingerprint density at radius 2 is 2.35 bits per heavy atom. The van der Waals surface area contributed by atoms with Crippen molar-refractivity contribution in [1.29, 1.82) is 0 Å². The highest BCUT2D eigenvalue weighted by molar-refractivity contribution is 6.33. The summed E-state index contributed by atoms with van der Waals surface area (Å²) < 4.78 is 0. The summed E-state index contributed by atoms with van der Waals surface area (Å²) in [6.07, 6.45) is 7.90. The Morgan fingerprint density at radius 3 is 2.94 bits per heavy atom. The van der Waals surface area contributed by atoms with Crippen LogP contribution in [0.2, 0.25) is 5.02 Å². The summed E-state index contributed by atoms with van der Waals surface area (Å²) in [4.78, 5) is 15.8. The summed E-state index contributed by atoms with van der Waals surface area (Å²) in [5, 5.41) is 3.42. The molecule has 0 saturated heterocycles. The summed E-state index contributed by atoms with van der Waals surface area (Å²) in [7, 11) is 0. The number of carbonyl (C=O) groups excluding carboxylic acids is 1. The SMILES string of the molecule is CCCC1(CNC(=O)c2cnccc2Cl)CC1. The zero-order valence-corrected chi connectivity index (χ0v) is 10.8. The van der Waals surface area contributed by atoms with Gasteiger partial charge in [-0.15, -0.1) is 0 Å². The predicted octanol–water partition coefficient (Wildman–Crippen LogP) is 3.05. The molecule has 17 heavy (non-hydrogen) atoms. The minimum Gasteiger partial charge on any atom is -0.351 e.